The number of esters is 1. The molecule has 0 radical (unpaired) electrons. The van der Waals surface area contributed by atoms with E-state index in [0.29, 0.717) is 18.9 Å². The number of benzene rings is 2. The first-order valence-corrected chi connectivity index (χ1v) is 8.94. The van der Waals surface area contributed by atoms with Crippen LogP contribution in [0.25, 0.3) is 22.3 Å². The van der Waals surface area contributed by atoms with Crippen molar-refractivity contribution >= 4 is 5.97 Å². The number of nitrogens with one attached hydrogen (secondary N) is 1. The second-order valence-electron chi connectivity index (χ2n) is 5.86. The Morgan fingerprint density at radius 2 is 1.37 bits per heavy atom. The van der Waals surface area contributed by atoms with E-state index in [-0.39, 0.29) is 0 Å². The van der Waals surface area contributed by atoms with Gasteiger partial charge >= 0.3 is 5.97 Å². The molecule has 3 aromatic rings. The number of aromatic nitrogens is 1. The summed E-state index contributed by atoms with van der Waals surface area (Å²) in [6.07, 6.45) is 1.83. The minimum absolute atomic E-state index is 0.406. The Kier molecular flexibility index (Phi) is 5.81. The summed E-state index contributed by atoms with van der Waals surface area (Å²) in [6, 6.07) is 15.5. The molecule has 0 bridgehead atoms. The number of H-pyrrole nitrogens is 1. The fourth-order valence-electron chi connectivity index (χ4n) is 3.00. The SMILES string of the molecule is CCOc1ccc(-c2c[nH]c(C(=O)OC)c2-c2ccc(OCC)cc2)cc1. The minimum Gasteiger partial charge on any atom is -0.494 e. The van der Waals surface area contributed by atoms with Crippen molar-refractivity contribution in [2.24, 2.45) is 0 Å². The van der Waals surface area contributed by atoms with Crippen molar-refractivity contribution in [3.63, 3.8) is 0 Å². The first-order chi connectivity index (χ1) is 13.2. The van der Waals surface area contributed by atoms with Gasteiger partial charge in [0.2, 0.25) is 0 Å². The van der Waals surface area contributed by atoms with E-state index in [0.717, 1.165) is 33.8 Å². The quantitative estimate of drug-likeness (QED) is 0.603. The molecule has 0 aliphatic heterocycles. The average Bonchev–Trinajstić information content (AvgIpc) is 3.14. The summed E-state index contributed by atoms with van der Waals surface area (Å²) in [6.45, 7) is 5.12. The van der Waals surface area contributed by atoms with Crippen LogP contribution in [0, 0.1) is 0 Å². The topological polar surface area (TPSA) is 60.6 Å². The van der Waals surface area contributed by atoms with Crippen LogP contribution in [0.5, 0.6) is 11.5 Å². The van der Waals surface area contributed by atoms with Crippen molar-refractivity contribution in [3.05, 3.63) is 60.4 Å². The summed E-state index contributed by atoms with van der Waals surface area (Å²) in [5.41, 5.74) is 4.03. The number of carbonyl (C=O) groups excluding carboxylic acids is 1. The second-order valence-corrected chi connectivity index (χ2v) is 5.86. The molecule has 1 N–H and O–H groups in total. The van der Waals surface area contributed by atoms with E-state index in [4.69, 9.17) is 14.2 Å². The van der Waals surface area contributed by atoms with E-state index in [1.165, 1.54) is 7.11 Å². The Morgan fingerprint density at radius 1 is 0.852 bits per heavy atom. The first-order valence-electron chi connectivity index (χ1n) is 8.94. The second kappa shape index (κ2) is 8.45. The molecule has 1 aromatic heterocycles. The fourth-order valence-corrected chi connectivity index (χ4v) is 3.00. The van der Waals surface area contributed by atoms with Gasteiger partial charge in [-0.15, -0.1) is 0 Å². The molecular weight excluding hydrogens is 342 g/mol. The lowest BCUT2D eigenvalue weighted by molar-refractivity contribution is 0.0595. The van der Waals surface area contributed by atoms with E-state index < -0.39 is 5.97 Å². The Balaban J connectivity index is 2.06. The van der Waals surface area contributed by atoms with Gasteiger partial charge in [0.05, 0.1) is 20.3 Å². The average molecular weight is 365 g/mol. The van der Waals surface area contributed by atoms with Gasteiger partial charge in [-0.05, 0) is 49.2 Å². The monoisotopic (exact) mass is 365 g/mol. The smallest absolute Gasteiger partial charge is 0.355 e. The number of ether oxygens (including phenoxy) is 3. The first kappa shape index (κ1) is 18.6. The van der Waals surface area contributed by atoms with Gasteiger partial charge in [-0.1, -0.05) is 24.3 Å². The highest BCUT2D eigenvalue weighted by atomic mass is 16.5. The summed E-state index contributed by atoms with van der Waals surface area (Å²) >= 11 is 0. The van der Waals surface area contributed by atoms with Crippen LogP contribution in [0.3, 0.4) is 0 Å². The molecule has 2 aromatic carbocycles. The van der Waals surface area contributed by atoms with Gasteiger partial charge in [-0.25, -0.2) is 4.79 Å². The number of methoxy groups -OCH3 is 1. The molecule has 0 amide bonds. The fraction of sp³-hybridized carbons (Fsp3) is 0.227. The number of aromatic amines is 1. The van der Waals surface area contributed by atoms with Gasteiger partial charge in [0.1, 0.15) is 17.2 Å². The molecule has 0 unspecified atom stereocenters. The Morgan fingerprint density at radius 3 is 1.85 bits per heavy atom. The van der Waals surface area contributed by atoms with Crippen molar-refractivity contribution in [1.82, 2.24) is 4.98 Å². The third-order valence-electron chi connectivity index (χ3n) is 4.20. The number of hydrogen-bond acceptors (Lipinski definition) is 4. The van der Waals surface area contributed by atoms with Crippen molar-refractivity contribution in [3.8, 4) is 33.8 Å². The van der Waals surface area contributed by atoms with Crippen molar-refractivity contribution < 1.29 is 19.0 Å². The molecule has 140 valence electrons. The highest BCUT2D eigenvalue weighted by molar-refractivity contribution is 6.01. The molecule has 0 aliphatic carbocycles. The summed E-state index contributed by atoms with van der Waals surface area (Å²) in [4.78, 5) is 15.3. The minimum atomic E-state index is -0.406. The van der Waals surface area contributed by atoms with E-state index in [2.05, 4.69) is 4.98 Å². The van der Waals surface area contributed by atoms with Gasteiger partial charge in [-0.3, -0.25) is 0 Å². The maximum absolute atomic E-state index is 12.3. The van der Waals surface area contributed by atoms with Crippen LogP contribution >= 0.6 is 0 Å². The largest absolute Gasteiger partial charge is 0.494 e. The number of rotatable bonds is 7. The van der Waals surface area contributed by atoms with Crippen LogP contribution in [-0.2, 0) is 4.74 Å². The van der Waals surface area contributed by atoms with E-state index in [1.807, 2.05) is 68.6 Å². The molecule has 0 atom stereocenters. The normalized spacial score (nSPS) is 10.5. The van der Waals surface area contributed by atoms with Gasteiger partial charge in [0.15, 0.2) is 0 Å². The van der Waals surface area contributed by atoms with Crippen LogP contribution in [0.2, 0.25) is 0 Å². The van der Waals surface area contributed by atoms with Crippen LogP contribution in [0.4, 0.5) is 0 Å². The summed E-state index contributed by atoms with van der Waals surface area (Å²) in [5.74, 6) is 1.20. The van der Waals surface area contributed by atoms with Gasteiger partial charge in [0.25, 0.3) is 0 Å². The van der Waals surface area contributed by atoms with Gasteiger partial charge in [-0.2, -0.15) is 0 Å². The molecule has 27 heavy (non-hydrogen) atoms. The zero-order valence-electron chi connectivity index (χ0n) is 15.7. The molecule has 0 spiro atoms. The number of carbonyl (C=O) groups is 1. The van der Waals surface area contributed by atoms with Crippen molar-refractivity contribution in [2.45, 2.75) is 13.8 Å². The maximum atomic E-state index is 12.3. The lowest BCUT2D eigenvalue weighted by atomic mass is 9.96. The van der Waals surface area contributed by atoms with Crippen LogP contribution < -0.4 is 9.47 Å². The molecule has 5 nitrogen and oxygen atoms in total. The highest BCUT2D eigenvalue weighted by Gasteiger charge is 2.20. The molecular formula is C22H23NO4. The number of hydrogen-bond donors (Lipinski definition) is 1. The van der Waals surface area contributed by atoms with Crippen molar-refractivity contribution in [1.29, 1.82) is 0 Å². The molecule has 5 heteroatoms. The molecule has 0 aliphatic rings. The van der Waals surface area contributed by atoms with Crippen LogP contribution in [-0.4, -0.2) is 31.3 Å². The zero-order valence-corrected chi connectivity index (χ0v) is 15.7. The van der Waals surface area contributed by atoms with E-state index in [9.17, 15) is 4.79 Å². The Bertz CT molecular complexity index is 895. The van der Waals surface area contributed by atoms with Crippen LogP contribution in [0.1, 0.15) is 24.3 Å². The molecule has 0 saturated carbocycles. The van der Waals surface area contributed by atoms with Gasteiger partial charge in [0, 0.05) is 17.3 Å². The Hall–Kier alpha value is -3.21. The highest BCUT2D eigenvalue weighted by Crippen LogP contribution is 2.36. The standard InChI is InChI=1S/C22H23NO4/c1-4-26-17-10-6-15(7-11-17)19-14-23-21(22(24)25-3)20(19)16-8-12-18(13-9-16)27-5-2/h6-14,23H,4-5H2,1-3H3. The Labute approximate surface area is 158 Å². The van der Waals surface area contributed by atoms with E-state index >= 15 is 0 Å². The predicted molar refractivity (Wildman–Crippen MR) is 105 cm³/mol. The lowest BCUT2D eigenvalue weighted by Gasteiger charge is -2.10. The summed E-state index contributed by atoms with van der Waals surface area (Å²) < 4.78 is 16.0. The molecule has 0 fully saturated rings. The molecule has 0 saturated heterocycles. The van der Waals surface area contributed by atoms with Gasteiger partial charge < -0.3 is 19.2 Å². The molecule has 3 rings (SSSR count). The summed E-state index contributed by atoms with van der Waals surface area (Å²) in [7, 11) is 1.38. The lowest BCUT2D eigenvalue weighted by Crippen LogP contribution is -2.03. The maximum Gasteiger partial charge on any atom is 0.355 e. The third-order valence-corrected chi connectivity index (χ3v) is 4.20. The summed E-state index contributed by atoms with van der Waals surface area (Å²) in [5, 5.41) is 0. The third kappa shape index (κ3) is 3.97. The zero-order chi connectivity index (χ0) is 19.2. The predicted octanol–water partition coefficient (Wildman–Crippen LogP) is 4.93. The van der Waals surface area contributed by atoms with Crippen molar-refractivity contribution in [2.75, 3.05) is 20.3 Å². The van der Waals surface area contributed by atoms with E-state index in [1.54, 1.807) is 0 Å². The molecule has 1 heterocycles. The van der Waals surface area contributed by atoms with Crippen LogP contribution in [0.15, 0.2) is 54.7 Å².